The molecule has 5 nitrogen and oxygen atoms in total. The summed E-state index contributed by atoms with van der Waals surface area (Å²) in [6.07, 6.45) is 1.91. The van der Waals surface area contributed by atoms with Gasteiger partial charge in [-0.05, 0) is 72.3 Å². The van der Waals surface area contributed by atoms with Crippen molar-refractivity contribution in [1.82, 2.24) is 4.90 Å². The Morgan fingerprint density at radius 1 is 1.10 bits per heavy atom. The first-order chi connectivity index (χ1) is 14.9. The lowest BCUT2D eigenvalue weighted by Crippen LogP contribution is -2.33. The number of carbonyl (C=O) groups is 2. The van der Waals surface area contributed by atoms with E-state index in [0.717, 1.165) is 24.1 Å². The molecule has 1 N–H and O–H groups in total. The third kappa shape index (κ3) is 4.94. The fourth-order valence-corrected chi connectivity index (χ4v) is 4.14. The van der Waals surface area contributed by atoms with E-state index in [1.54, 1.807) is 6.07 Å². The van der Waals surface area contributed by atoms with Crippen molar-refractivity contribution < 1.29 is 14.0 Å². The maximum atomic E-state index is 13.3. The van der Waals surface area contributed by atoms with Crippen molar-refractivity contribution in [3.8, 4) is 0 Å². The monoisotopic (exact) mass is 437 g/mol. The largest absolute Gasteiger partial charge is 0.377 e. The highest BCUT2D eigenvalue weighted by Crippen LogP contribution is 2.33. The Balaban J connectivity index is 1.60. The zero-order valence-corrected chi connectivity index (χ0v) is 18.3. The van der Waals surface area contributed by atoms with Crippen LogP contribution < -0.4 is 10.2 Å². The lowest BCUT2D eigenvalue weighted by Gasteiger charge is -2.26. The molecule has 1 saturated carbocycles. The van der Waals surface area contributed by atoms with Crippen LogP contribution in [0.15, 0.2) is 60.0 Å². The van der Waals surface area contributed by atoms with Gasteiger partial charge in [-0.15, -0.1) is 11.3 Å². The second-order valence-corrected chi connectivity index (χ2v) is 8.79. The molecule has 0 saturated heterocycles. The predicted molar refractivity (Wildman–Crippen MR) is 122 cm³/mol. The molecule has 2 aromatic carbocycles. The summed E-state index contributed by atoms with van der Waals surface area (Å²) < 4.78 is 13.3. The molecule has 0 radical (unpaired) electrons. The predicted octanol–water partition coefficient (Wildman–Crippen LogP) is 5.01. The number of anilines is 2. The molecule has 1 heterocycles. The molecule has 160 valence electrons. The molecule has 0 bridgehead atoms. The van der Waals surface area contributed by atoms with Crippen molar-refractivity contribution in [3.63, 3.8) is 0 Å². The van der Waals surface area contributed by atoms with E-state index < -0.39 is 0 Å². The van der Waals surface area contributed by atoms with Crippen molar-refractivity contribution in [2.45, 2.75) is 25.4 Å². The number of nitrogens with one attached hydrogen (secondary N) is 1. The molecular formula is C24H24FN3O2S. The number of thiophene rings is 1. The first-order valence-electron chi connectivity index (χ1n) is 10.1. The van der Waals surface area contributed by atoms with E-state index in [1.807, 2.05) is 53.5 Å². The van der Waals surface area contributed by atoms with Crippen LogP contribution in [0.3, 0.4) is 0 Å². The van der Waals surface area contributed by atoms with Gasteiger partial charge in [0.05, 0.1) is 4.88 Å². The van der Waals surface area contributed by atoms with Crippen molar-refractivity contribution in [3.05, 3.63) is 81.8 Å². The van der Waals surface area contributed by atoms with E-state index in [4.69, 9.17) is 0 Å². The molecule has 1 aliphatic rings. The first kappa shape index (κ1) is 21.1. The number of carbonyl (C=O) groups excluding carboxylic acids is 2. The number of halogens is 1. The van der Waals surface area contributed by atoms with E-state index in [-0.39, 0.29) is 23.7 Å². The van der Waals surface area contributed by atoms with Crippen LogP contribution in [0.1, 0.15) is 38.4 Å². The molecule has 31 heavy (non-hydrogen) atoms. The summed E-state index contributed by atoms with van der Waals surface area (Å²) >= 11 is 1.39. The van der Waals surface area contributed by atoms with Gasteiger partial charge in [0.1, 0.15) is 5.82 Å². The van der Waals surface area contributed by atoms with Crippen LogP contribution >= 0.6 is 11.3 Å². The summed E-state index contributed by atoms with van der Waals surface area (Å²) in [5.74, 6) is -0.626. The van der Waals surface area contributed by atoms with Crippen molar-refractivity contribution >= 4 is 34.5 Å². The third-order valence-electron chi connectivity index (χ3n) is 5.24. The molecule has 1 aromatic heterocycles. The van der Waals surface area contributed by atoms with Crippen LogP contribution in [0.2, 0.25) is 0 Å². The molecule has 0 aliphatic heterocycles. The van der Waals surface area contributed by atoms with Gasteiger partial charge < -0.3 is 15.1 Å². The average Bonchev–Trinajstić information content (AvgIpc) is 3.44. The lowest BCUT2D eigenvalue weighted by molar-refractivity contribution is 0.0730. The van der Waals surface area contributed by atoms with E-state index >= 15 is 0 Å². The van der Waals surface area contributed by atoms with E-state index in [9.17, 15) is 14.0 Å². The Morgan fingerprint density at radius 2 is 1.84 bits per heavy atom. The minimum atomic E-state index is -0.362. The zero-order valence-electron chi connectivity index (χ0n) is 17.5. The van der Waals surface area contributed by atoms with Crippen molar-refractivity contribution in [1.29, 1.82) is 0 Å². The Kier molecular flexibility index (Phi) is 6.04. The van der Waals surface area contributed by atoms with E-state index in [0.29, 0.717) is 22.7 Å². The Bertz CT molecular complexity index is 1080. The average molecular weight is 438 g/mol. The molecule has 0 unspecified atom stereocenters. The van der Waals surface area contributed by atoms with Gasteiger partial charge in [0.25, 0.3) is 11.8 Å². The minimum Gasteiger partial charge on any atom is -0.377 e. The summed E-state index contributed by atoms with van der Waals surface area (Å²) in [5, 5.41) is 4.81. The highest BCUT2D eigenvalue weighted by molar-refractivity contribution is 7.12. The molecule has 2 amide bonds. The number of rotatable bonds is 7. The second-order valence-electron chi connectivity index (χ2n) is 7.84. The molecule has 0 spiro atoms. The van der Waals surface area contributed by atoms with Crippen molar-refractivity contribution in [2.75, 3.05) is 24.3 Å². The Morgan fingerprint density at radius 3 is 2.45 bits per heavy atom. The zero-order chi connectivity index (χ0) is 22.0. The highest BCUT2D eigenvalue weighted by atomic mass is 32.1. The fraction of sp³-hybridized carbons (Fsp3) is 0.250. The van der Waals surface area contributed by atoms with Gasteiger partial charge in [0.15, 0.2) is 0 Å². The normalized spacial score (nSPS) is 13.0. The van der Waals surface area contributed by atoms with Gasteiger partial charge >= 0.3 is 0 Å². The number of amides is 2. The number of hydrogen-bond donors (Lipinski definition) is 1. The van der Waals surface area contributed by atoms with E-state index in [1.165, 1.54) is 35.6 Å². The van der Waals surface area contributed by atoms with Gasteiger partial charge in [-0.2, -0.15) is 0 Å². The standard InChI is InChI=1S/C24H24FN3O2S/c1-27(2)21-12-9-19(26-23(29)22-4-3-13-31-22)14-17(21)15-28(20-10-11-20)24(30)16-5-7-18(25)8-6-16/h3-9,12-14,20H,10-11,15H2,1-2H3,(H,26,29). The maximum Gasteiger partial charge on any atom is 0.265 e. The van der Waals surface area contributed by atoms with Gasteiger partial charge in [-0.1, -0.05) is 6.07 Å². The van der Waals surface area contributed by atoms with E-state index in [2.05, 4.69) is 5.32 Å². The van der Waals surface area contributed by atoms with Gasteiger partial charge in [0.2, 0.25) is 0 Å². The SMILES string of the molecule is CN(C)c1ccc(NC(=O)c2cccs2)cc1CN(C(=O)c1ccc(F)cc1)C1CC1. The molecule has 0 atom stereocenters. The Labute approximate surface area is 185 Å². The van der Waals surface area contributed by atoms with Gasteiger partial charge in [-0.3, -0.25) is 9.59 Å². The highest BCUT2D eigenvalue weighted by Gasteiger charge is 2.33. The summed E-state index contributed by atoms with van der Waals surface area (Å²) in [5.41, 5.74) is 3.08. The Hall–Kier alpha value is -3.19. The second kappa shape index (κ2) is 8.89. The summed E-state index contributed by atoms with van der Waals surface area (Å²) in [6, 6.07) is 15.2. The van der Waals surface area contributed by atoms with Crippen LogP contribution in [0, 0.1) is 5.82 Å². The van der Waals surface area contributed by atoms with Crippen LogP contribution in [-0.2, 0) is 6.54 Å². The van der Waals surface area contributed by atoms with Gasteiger partial charge in [-0.25, -0.2) is 4.39 Å². The molecular weight excluding hydrogens is 413 g/mol. The lowest BCUT2D eigenvalue weighted by atomic mass is 10.1. The summed E-state index contributed by atoms with van der Waals surface area (Å²) in [4.78, 5) is 30.1. The summed E-state index contributed by atoms with van der Waals surface area (Å²) in [6.45, 7) is 0.414. The first-order valence-corrected chi connectivity index (χ1v) is 11.0. The number of nitrogens with zero attached hydrogens (tertiary/aromatic N) is 2. The van der Waals surface area contributed by atoms with Crippen LogP contribution in [0.5, 0.6) is 0 Å². The van der Waals surface area contributed by atoms with Crippen molar-refractivity contribution in [2.24, 2.45) is 0 Å². The van der Waals surface area contributed by atoms with Crippen LogP contribution in [0.25, 0.3) is 0 Å². The molecule has 3 aromatic rings. The fourth-order valence-electron chi connectivity index (χ4n) is 3.52. The van der Waals surface area contributed by atoms with Gasteiger partial charge in [0, 0.05) is 43.6 Å². The number of benzene rings is 2. The number of hydrogen-bond acceptors (Lipinski definition) is 4. The maximum absolute atomic E-state index is 13.3. The van der Waals surface area contributed by atoms with Crippen LogP contribution in [0.4, 0.5) is 15.8 Å². The van der Waals surface area contributed by atoms with Crippen LogP contribution in [-0.4, -0.2) is 36.9 Å². The molecule has 4 rings (SSSR count). The smallest absolute Gasteiger partial charge is 0.265 e. The third-order valence-corrected chi connectivity index (χ3v) is 6.11. The molecule has 1 fully saturated rings. The quantitative estimate of drug-likeness (QED) is 0.565. The minimum absolute atomic E-state index is 0.111. The topological polar surface area (TPSA) is 52.7 Å². The summed E-state index contributed by atoms with van der Waals surface area (Å²) in [7, 11) is 3.90. The molecule has 7 heteroatoms. The molecule has 1 aliphatic carbocycles.